The number of nitrogens with one attached hydrogen (secondary N) is 2. The maximum atomic E-state index is 12.3. The third kappa shape index (κ3) is 6.98. The average Bonchev–Trinajstić information content (AvgIpc) is 2.88. The number of carbonyl (C=O) groups excluding carboxylic acids is 2. The van der Waals surface area contributed by atoms with E-state index in [4.69, 9.17) is 18.9 Å². The Labute approximate surface area is 217 Å². The van der Waals surface area contributed by atoms with Crippen molar-refractivity contribution in [2.45, 2.75) is 13.5 Å². The topological polar surface area (TPSA) is 107 Å². The molecule has 0 bridgehead atoms. The van der Waals surface area contributed by atoms with E-state index in [0.29, 0.717) is 45.3 Å². The zero-order valence-corrected chi connectivity index (χ0v) is 21.8. The maximum Gasteiger partial charge on any atom is 0.329 e. The summed E-state index contributed by atoms with van der Waals surface area (Å²) in [5, 5.41) is 6.35. The van der Waals surface area contributed by atoms with Gasteiger partial charge in [0.15, 0.2) is 11.5 Å². The highest BCUT2D eigenvalue weighted by molar-refractivity contribution is 9.10. The Hall–Kier alpha value is -4.05. The van der Waals surface area contributed by atoms with Crippen LogP contribution in [-0.4, -0.2) is 39.4 Å². The van der Waals surface area contributed by atoms with Crippen LogP contribution in [0, 0.1) is 6.92 Å². The van der Waals surface area contributed by atoms with Gasteiger partial charge in [0.1, 0.15) is 18.1 Å². The molecule has 0 aromatic heterocycles. The lowest BCUT2D eigenvalue weighted by molar-refractivity contribution is -0.136. The van der Waals surface area contributed by atoms with Gasteiger partial charge in [0, 0.05) is 6.07 Å². The van der Waals surface area contributed by atoms with Gasteiger partial charge in [-0.25, -0.2) is 5.43 Å². The molecule has 0 saturated heterocycles. The highest BCUT2D eigenvalue weighted by Crippen LogP contribution is 2.37. The molecule has 0 unspecified atom stereocenters. The molecule has 3 aromatic carbocycles. The van der Waals surface area contributed by atoms with Crippen molar-refractivity contribution in [1.82, 2.24) is 5.43 Å². The minimum Gasteiger partial charge on any atom is -0.497 e. The fourth-order valence-corrected chi connectivity index (χ4v) is 3.67. The van der Waals surface area contributed by atoms with Gasteiger partial charge in [0.25, 0.3) is 0 Å². The molecule has 0 heterocycles. The summed E-state index contributed by atoms with van der Waals surface area (Å²) < 4.78 is 22.4. The standard InChI is InChI=1S/C26H26BrN3O6/c1-16-5-7-17(8-6-16)15-36-24-20(27)11-18(12-23(24)35-4)14-28-30-26(32)25(31)29-21-10-9-19(33-2)13-22(21)34-3/h5-14H,15H2,1-4H3,(H,29,31)(H,30,32)/b28-14+. The summed E-state index contributed by atoms with van der Waals surface area (Å²) in [5.74, 6) is 0.0517. The molecule has 0 atom stereocenters. The number of ether oxygens (including phenoxy) is 4. The Kier molecular flexibility index (Phi) is 9.29. The summed E-state index contributed by atoms with van der Waals surface area (Å²) in [6, 6.07) is 16.3. The summed E-state index contributed by atoms with van der Waals surface area (Å²) in [7, 11) is 4.49. The largest absolute Gasteiger partial charge is 0.497 e. The number of halogens is 1. The summed E-state index contributed by atoms with van der Waals surface area (Å²) in [6.07, 6.45) is 1.39. The first-order chi connectivity index (χ1) is 17.3. The summed E-state index contributed by atoms with van der Waals surface area (Å²) in [6.45, 7) is 2.39. The fourth-order valence-electron chi connectivity index (χ4n) is 3.09. The summed E-state index contributed by atoms with van der Waals surface area (Å²) >= 11 is 3.49. The second-order valence-corrected chi connectivity index (χ2v) is 8.38. The molecule has 188 valence electrons. The van der Waals surface area contributed by atoms with Gasteiger partial charge < -0.3 is 24.3 Å². The van der Waals surface area contributed by atoms with Crippen molar-refractivity contribution in [3.8, 4) is 23.0 Å². The zero-order chi connectivity index (χ0) is 26.1. The lowest BCUT2D eigenvalue weighted by atomic mass is 10.2. The number of hydrogen-bond acceptors (Lipinski definition) is 7. The van der Waals surface area contributed by atoms with Crippen molar-refractivity contribution >= 4 is 39.6 Å². The van der Waals surface area contributed by atoms with Crippen LogP contribution in [0.15, 0.2) is 64.2 Å². The molecule has 0 spiro atoms. The van der Waals surface area contributed by atoms with Crippen LogP contribution in [0.1, 0.15) is 16.7 Å². The van der Waals surface area contributed by atoms with E-state index in [1.54, 1.807) is 30.3 Å². The van der Waals surface area contributed by atoms with Gasteiger partial charge in [0.2, 0.25) is 0 Å². The molecule has 9 nitrogen and oxygen atoms in total. The first-order valence-electron chi connectivity index (χ1n) is 10.8. The number of anilines is 1. The number of carbonyl (C=O) groups is 2. The molecule has 0 radical (unpaired) electrons. The Morgan fingerprint density at radius 2 is 1.64 bits per heavy atom. The first kappa shape index (κ1) is 26.6. The second-order valence-electron chi connectivity index (χ2n) is 7.53. The third-order valence-electron chi connectivity index (χ3n) is 5.00. The molecule has 0 aliphatic carbocycles. The molecule has 0 aliphatic rings. The predicted octanol–water partition coefficient (Wildman–Crippen LogP) is 4.45. The zero-order valence-electron chi connectivity index (χ0n) is 20.3. The number of benzene rings is 3. The van der Waals surface area contributed by atoms with Gasteiger partial charge >= 0.3 is 11.8 Å². The number of methoxy groups -OCH3 is 3. The van der Waals surface area contributed by atoms with Crippen LogP contribution in [0.4, 0.5) is 5.69 Å². The van der Waals surface area contributed by atoms with Gasteiger partial charge in [-0.15, -0.1) is 0 Å². The van der Waals surface area contributed by atoms with E-state index < -0.39 is 11.8 Å². The molecule has 36 heavy (non-hydrogen) atoms. The van der Waals surface area contributed by atoms with Crippen LogP contribution < -0.4 is 29.7 Å². The first-order valence-corrected chi connectivity index (χ1v) is 11.6. The quantitative estimate of drug-likeness (QED) is 0.229. The Morgan fingerprint density at radius 3 is 2.31 bits per heavy atom. The van der Waals surface area contributed by atoms with Crippen molar-refractivity contribution in [1.29, 1.82) is 0 Å². The fraction of sp³-hybridized carbons (Fsp3) is 0.192. The third-order valence-corrected chi connectivity index (χ3v) is 5.59. The van der Waals surface area contributed by atoms with Gasteiger partial charge in [-0.1, -0.05) is 29.8 Å². The molecule has 3 aromatic rings. The molecular weight excluding hydrogens is 530 g/mol. The van der Waals surface area contributed by atoms with Crippen LogP contribution in [0.3, 0.4) is 0 Å². The second kappa shape index (κ2) is 12.6. The molecule has 0 saturated carbocycles. The minimum absolute atomic E-state index is 0.317. The Bertz CT molecular complexity index is 1260. The molecule has 2 N–H and O–H groups in total. The van der Waals surface area contributed by atoms with E-state index in [-0.39, 0.29) is 0 Å². The molecule has 0 fully saturated rings. The predicted molar refractivity (Wildman–Crippen MR) is 140 cm³/mol. The van der Waals surface area contributed by atoms with Crippen LogP contribution in [0.5, 0.6) is 23.0 Å². The highest BCUT2D eigenvalue weighted by atomic mass is 79.9. The lowest BCUT2D eigenvalue weighted by Crippen LogP contribution is -2.32. The van der Waals surface area contributed by atoms with Crippen molar-refractivity contribution in [3.63, 3.8) is 0 Å². The monoisotopic (exact) mass is 555 g/mol. The Morgan fingerprint density at radius 1 is 0.917 bits per heavy atom. The smallest absolute Gasteiger partial charge is 0.329 e. The van der Waals surface area contributed by atoms with Gasteiger partial charge in [0.05, 0.1) is 37.7 Å². The minimum atomic E-state index is -0.951. The van der Waals surface area contributed by atoms with Crippen molar-refractivity contribution in [2.75, 3.05) is 26.6 Å². The highest BCUT2D eigenvalue weighted by Gasteiger charge is 2.16. The maximum absolute atomic E-state index is 12.3. The van der Waals surface area contributed by atoms with E-state index in [1.807, 2.05) is 31.2 Å². The normalized spacial score (nSPS) is 10.6. The van der Waals surface area contributed by atoms with Crippen molar-refractivity contribution in [3.05, 3.63) is 75.8 Å². The van der Waals surface area contributed by atoms with Crippen molar-refractivity contribution < 1.29 is 28.5 Å². The summed E-state index contributed by atoms with van der Waals surface area (Å²) in [5.41, 5.74) is 5.32. The Balaban J connectivity index is 1.62. The van der Waals surface area contributed by atoms with Gasteiger partial charge in [-0.05, 0) is 58.2 Å². The number of nitrogens with zero attached hydrogens (tertiary/aromatic N) is 1. The SMILES string of the molecule is COc1ccc(NC(=O)C(=O)N/N=C/c2cc(Br)c(OCc3ccc(C)cc3)c(OC)c2)c(OC)c1. The molecule has 0 aliphatic heterocycles. The van der Waals surface area contributed by atoms with E-state index >= 15 is 0 Å². The van der Waals surface area contributed by atoms with Crippen LogP contribution in [-0.2, 0) is 16.2 Å². The van der Waals surface area contributed by atoms with Crippen molar-refractivity contribution in [2.24, 2.45) is 5.10 Å². The van der Waals surface area contributed by atoms with Crippen LogP contribution in [0.2, 0.25) is 0 Å². The number of aryl methyl sites for hydroxylation is 1. The van der Waals surface area contributed by atoms with E-state index in [2.05, 4.69) is 31.8 Å². The van der Waals surface area contributed by atoms with Crippen LogP contribution in [0.25, 0.3) is 0 Å². The average molecular weight is 556 g/mol. The van der Waals surface area contributed by atoms with Gasteiger partial charge in [-0.3, -0.25) is 9.59 Å². The molecular formula is C26H26BrN3O6. The molecule has 3 rings (SSSR count). The lowest BCUT2D eigenvalue weighted by Gasteiger charge is -2.13. The van der Waals surface area contributed by atoms with E-state index in [9.17, 15) is 9.59 Å². The van der Waals surface area contributed by atoms with E-state index in [0.717, 1.165) is 5.56 Å². The number of hydrazone groups is 1. The molecule has 10 heteroatoms. The van der Waals surface area contributed by atoms with Gasteiger partial charge in [-0.2, -0.15) is 5.10 Å². The van der Waals surface area contributed by atoms with E-state index in [1.165, 1.54) is 33.1 Å². The number of hydrogen-bond donors (Lipinski definition) is 2. The number of rotatable bonds is 9. The number of amides is 2. The molecule has 2 amide bonds. The summed E-state index contributed by atoms with van der Waals surface area (Å²) in [4.78, 5) is 24.4. The van der Waals surface area contributed by atoms with Crippen LogP contribution >= 0.6 is 15.9 Å².